The van der Waals surface area contributed by atoms with Crippen LogP contribution < -0.4 is 15.4 Å². The molecule has 0 spiro atoms. The van der Waals surface area contributed by atoms with E-state index in [1.54, 1.807) is 43.5 Å². The second kappa shape index (κ2) is 9.76. The highest BCUT2D eigenvalue weighted by atomic mass is 16.5. The monoisotopic (exact) mass is 407 g/mol. The number of amides is 2. The van der Waals surface area contributed by atoms with Gasteiger partial charge in [0.25, 0.3) is 5.91 Å². The third kappa shape index (κ3) is 5.71. The molecule has 30 heavy (non-hydrogen) atoms. The molecule has 1 aromatic heterocycles. The summed E-state index contributed by atoms with van der Waals surface area (Å²) >= 11 is 0. The second-order valence-electron chi connectivity index (χ2n) is 6.96. The summed E-state index contributed by atoms with van der Waals surface area (Å²) in [5.74, 6) is 1.84. The Morgan fingerprint density at radius 1 is 1.00 bits per heavy atom. The van der Waals surface area contributed by atoms with Crippen molar-refractivity contribution in [3.8, 4) is 5.75 Å². The highest BCUT2D eigenvalue weighted by Gasteiger charge is 2.12. The summed E-state index contributed by atoms with van der Waals surface area (Å²) in [6.45, 7) is 2.65. The minimum Gasteiger partial charge on any atom is -0.495 e. The van der Waals surface area contributed by atoms with Crippen LogP contribution in [-0.2, 0) is 11.3 Å². The number of likely N-dealkylation sites (N-methyl/N-ethyl adjacent to an activating group) is 1. The maximum Gasteiger partial charge on any atom is 0.255 e. The van der Waals surface area contributed by atoms with Crippen LogP contribution in [0.25, 0.3) is 0 Å². The molecule has 0 aliphatic heterocycles. The molecule has 0 radical (unpaired) electrons. The molecule has 0 saturated carbocycles. The molecule has 7 heteroatoms. The van der Waals surface area contributed by atoms with Crippen molar-refractivity contribution >= 4 is 23.2 Å². The Kier molecular flexibility index (Phi) is 6.87. The van der Waals surface area contributed by atoms with Gasteiger partial charge in [-0.05, 0) is 62.5 Å². The zero-order chi connectivity index (χ0) is 21.5. The number of hydrogen-bond donors (Lipinski definition) is 2. The van der Waals surface area contributed by atoms with Gasteiger partial charge in [-0.3, -0.25) is 14.5 Å². The van der Waals surface area contributed by atoms with Gasteiger partial charge >= 0.3 is 0 Å². The van der Waals surface area contributed by atoms with Crippen LogP contribution in [0.2, 0.25) is 0 Å². The van der Waals surface area contributed by atoms with Gasteiger partial charge in [-0.1, -0.05) is 12.1 Å². The van der Waals surface area contributed by atoms with Crippen LogP contribution in [0.4, 0.5) is 11.4 Å². The van der Waals surface area contributed by atoms with Crippen LogP contribution in [0.5, 0.6) is 5.75 Å². The molecule has 1 heterocycles. The average Bonchev–Trinajstić information content (AvgIpc) is 3.13. The fourth-order valence-corrected chi connectivity index (χ4v) is 2.99. The van der Waals surface area contributed by atoms with E-state index in [1.807, 2.05) is 43.1 Å². The molecule has 0 unspecified atom stereocenters. The van der Waals surface area contributed by atoms with Crippen molar-refractivity contribution in [3.05, 3.63) is 77.7 Å². The average molecular weight is 407 g/mol. The normalized spacial score (nSPS) is 10.7. The largest absolute Gasteiger partial charge is 0.495 e. The Labute approximate surface area is 175 Å². The first-order valence-corrected chi connectivity index (χ1v) is 9.53. The summed E-state index contributed by atoms with van der Waals surface area (Å²) in [5, 5.41) is 5.66. The number of ether oxygens (including phenoxy) is 1. The summed E-state index contributed by atoms with van der Waals surface area (Å²) in [6, 6.07) is 17.7. The molecule has 0 atom stereocenters. The van der Waals surface area contributed by atoms with E-state index in [0.717, 1.165) is 11.5 Å². The number of methoxy groups -OCH3 is 1. The molecule has 2 N–H and O–H groups in total. The van der Waals surface area contributed by atoms with Gasteiger partial charge in [0.15, 0.2) is 0 Å². The first-order chi connectivity index (χ1) is 14.4. The van der Waals surface area contributed by atoms with E-state index in [0.29, 0.717) is 29.2 Å². The third-order valence-electron chi connectivity index (χ3n) is 4.42. The lowest BCUT2D eigenvalue weighted by Crippen LogP contribution is -2.29. The lowest BCUT2D eigenvalue weighted by atomic mass is 10.2. The number of benzene rings is 2. The Hall–Kier alpha value is -3.58. The number of para-hydroxylation sites is 2. The predicted octanol–water partition coefficient (Wildman–Crippen LogP) is 3.92. The van der Waals surface area contributed by atoms with Crippen molar-refractivity contribution in [2.24, 2.45) is 0 Å². The van der Waals surface area contributed by atoms with Gasteiger partial charge in [0.2, 0.25) is 5.91 Å². The van der Waals surface area contributed by atoms with Crippen LogP contribution in [0.1, 0.15) is 21.9 Å². The first kappa shape index (κ1) is 21.1. The molecule has 3 rings (SSSR count). The van der Waals surface area contributed by atoms with Gasteiger partial charge in [-0.15, -0.1) is 0 Å². The number of hydrogen-bond acceptors (Lipinski definition) is 5. The summed E-state index contributed by atoms with van der Waals surface area (Å²) in [5.41, 5.74) is 1.69. The van der Waals surface area contributed by atoms with E-state index in [2.05, 4.69) is 10.6 Å². The summed E-state index contributed by atoms with van der Waals surface area (Å²) in [7, 11) is 3.40. The highest BCUT2D eigenvalue weighted by Crippen LogP contribution is 2.23. The van der Waals surface area contributed by atoms with Crippen molar-refractivity contribution < 1.29 is 18.7 Å². The Balaban J connectivity index is 1.53. The minimum absolute atomic E-state index is 0.146. The Bertz CT molecular complexity index is 1010. The summed E-state index contributed by atoms with van der Waals surface area (Å²) in [6.07, 6.45) is 0. The van der Waals surface area contributed by atoms with E-state index in [1.165, 1.54) is 0 Å². The molecule has 0 aliphatic rings. The fourth-order valence-electron chi connectivity index (χ4n) is 2.99. The van der Waals surface area contributed by atoms with Crippen LogP contribution in [-0.4, -0.2) is 37.4 Å². The maximum absolute atomic E-state index is 12.5. The molecule has 2 aromatic carbocycles. The zero-order valence-electron chi connectivity index (χ0n) is 17.3. The number of aryl methyl sites for hydroxylation is 1. The molecule has 0 aliphatic carbocycles. The van der Waals surface area contributed by atoms with E-state index in [-0.39, 0.29) is 18.4 Å². The molecule has 0 fully saturated rings. The van der Waals surface area contributed by atoms with Crippen molar-refractivity contribution in [2.75, 3.05) is 31.3 Å². The van der Waals surface area contributed by atoms with Crippen molar-refractivity contribution in [3.63, 3.8) is 0 Å². The topological polar surface area (TPSA) is 83.8 Å². The number of carbonyl (C=O) groups is 2. The van der Waals surface area contributed by atoms with Crippen LogP contribution >= 0.6 is 0 Å². The molecule has 156 valence electrons. The molecular weight excluding hydrogens is 382 g/mol. The number of rotatable bonds is 8. The number of anilines is 2. The van der Waals surface area contributed by atoms with Crippen molar-refractivity contribution in [1.29, 1.82) is 0 Å². The van der Waals surface area contributed by atoms with E-state index >= 15 is 0 Å². The van der Waals surface area contributed by atoms with Gasteiger partial charge in [0.05, 0.1) is 25.9 Å². The number of carbonyl (C=O) groups excluding carboxylic acids is 2. The molecule has 3 aromatic rings. The quantitative estimate of drug-likeness (QED) is 0.591. The zero-order valence-corrected chi connectivity index (χ0v) is 17.3. The number of furan rings is 1. The van der Waals surface area contributed by atoms with Gasteiger partial charge in [0.1, 0.15) is 17.3 Å². The van der Waals surface area contributed by atoms with Gasteiger partial charge in [0, 0.05) is 11.3 Å². The minimum atomic E-state index is -0.258. The third-order valence-corrected chi connectivity index (χ3v) is 4.42. The lowest BCUT2D eigenvalue weighted by molar-refractivity contribution is -0.117. The molecule has 7 nitrogen and oxygen atoms in total. The second-order valence-corrected chi connectivity index (χ2v) is 6.96. The van der Waals surface area contributed by atoms with Crippen LogP contribution in [0.3, 0.4) is 0 Å². The number of nitrogens with one attached hydrogen (secondary N) is 2. The fraction of sp³-hybridized carbons (Fsp3) is 0.217. The Morgan fingerprint density at radius 2 is 1.73 bits per heavy atom. The standard InChI is InChI=1S/C23H25N3O4/c1-16-8-13-19(30-16)14-26(2)15-22(27)24-18-11-9-17(10-12-18)23(28)25-20-6-4-5-7-21(20)29-3/h4-13H,14-15H2,1-3H3,(H,24,27)(H,25,28). The lowest BCUT2D eigenvalue weighted by Gasteiger charge is -2.15. The smallest absolute Gasteiger partial charge is 0.255 e. The van der Waals surface area contributed by atoms with Gasteiger partial charge in [-0.25, -0.2) is 0 Å². The van der Waals surface area contributed by atoms with Gasteiger partial charge < -0.3 is 19.8 Å². The maximum atomic E-state index is 12.5. The van der Waals surface area contributed by atoms with Gasteiger partial charge in [-0.2, -0.15) is 0 Å². The number of nitrogens with zero attached hydrogens (tertiary/aromatic N) is 1. The van der Waals surface area contributed by atoms with E-state index < -0.39 is 0 Å². The van der Waals surface area contributed by atoms with E-state index in [4.69, 9.17) is 9.15 Å². The summed E-state index contributed by atoms with van der Waals surface area (Å²) in [4.78, 5) is 26.6. The van der Waals surface area contributed by atoms with Crippen molar-refractivity contribution in [2.45, 2.75) is 13.5 Å². The molecule has 2 amide bonds. The summed E-state index contributed by atoms with van der Waals surface area (Å²) < 4.78 is 10.8. The molecule has 0 saturated heterocycles. The van der Waals surface area contributed by atoms with Crippen LogP contribution in [0, 0.1) is 6.92 Å². The molecule has 0 bridgehead atoms. The predicted molar refractivity (Wildman–Crippen MR) is 116 cm³/mol. The highest BCUT2D eigenvalue weighted by molar-refractivity contribution is 6.05. The van der Waals surface area contributed by atoms with Crippen molar-refractivity contribution in [1.82, 2.24) is 4.90 Å². The van der Waals surface area contributed by atoms with E-state index in [9.17, 15) is 9.59 Å². The Morgan fingerprint density at radius 3 is 2.40 bits per heavy atom. The van der Waals surface area contributed by atoms with Crippen LogP contribution in [0.15, 0.2) is 65.1 Å². The first-order valence-electron chi connectivity index (χ1n) is 9.53. The SMILES string of the molecule is COc1ccccc1NC(=O)c1ccc(NC(=O)CN(C)Cc2ccc(C)o2)cc1. The molecular formula is C23H25N3O4.